The molecule has 0 unspecified atom stereocenters. The van der Waals surface area contributed by atoms with Crippen LogP contribution in [-0.4, -0.2) is 20.9 Å². The number of hydrogen-bond acceptors (Lipinski definition) is 7. The monoisotopic (exact) mass is 385 g/mol. The van der Waals surface area contributed by atoms with Gasteiger partial charge < -0.3 is 11.1 Å². The number of carbonyl (C=O) groups is 1. The molecule has 1 amide bonds. The molecule has 2 aromatic carbocycles. The van der Waals surface area contributed by atoms with Crippen LogP contribution in [-0.2, 0) is 0 Å². The van der Waals surface area contributed by atoms with Crippen LogP contribution in [0.5, 0.6) is 0 Å². The number of anilines is 4. The summed E-state index contributed by atoms with van der Waals surface area (Å²) in [5.41, 5.74) is 14.9. The second-order valence-electron chi connectivity index (χ2n) is 6.38. The highest BCUT2D eigenvalue weighted by Gasteiger charge is 2.12. The molecular weight excluding hydrogens is 366 g/mol. The van der Waals surface area contributed by atoms with E-state index >= 15 is 0 Å². The van der Waals surface area contributed by atoms with Gasteiger partial charge in [0, 0.05) is 17.1 Å². The Kier molecular flexibility index (Phi) is 4.90. The summed E-state index contributed by atoms with van der Waals surface area (Å²) in [6.07, 6.45) is 3.09. The van der Waals surface area contributed by atoms with E-state index in [4.69, 9.17) is 5.73 Å². The average molecular weight is 385 g/mol. The first-order chi connectivity index (χ1) is 14.1. The van der Waals surface area contributed by atoms with E-state index in [-0.39, 0.29) is 17.4 Å². The molecule has 2 heterocycles. The maximum Gasteiger partial charge on any atom is 0.269 e. The Balaban J connectivity index is 1.55. The molecule has 0 atom stereocenters. The van der Waals surface area contributed by atoms with Gasteiger partial charge in [-0.2, -0.15) is 0 Å². The highest BCUT2D eigenvalue weighted by molar-refractivity contribution is 5.97. The van der Waals surface area contributed by atoms with Crippen molar-refractivity contribution in [1.29, 1.82) is 0 Å². The molecule has 0 spiro atoms. The molecule has 0 bridgehead atoms. The molecule has 2 aromatic heterocycles. The van der Waals surface area contributed by atoms with E-state index in [0.29, 0.717) is 11.4 Å². The summed E-state index contributed by atoms with van der Waals surface area (Å²) in [6, 6.07) is 16.9. The molecule has 4 rings (SSSR count). The smallest absolute Gasteiger partial charge is 0.269 e. The Hall–Kier alpha value is -4.20. The lowest BCUT2D eigenvalue weighted by Crippen LogP contribution is -2.30. The van der Waals surface area contributed by atoms with E-state index in [1.165, 1.54) is 6.33 Å². The predicted molar refractivity (Wildman–Crippen MR) is 114 cm³/mol. The predicted octanol–water partition coefficient (Wildman–Crippen LogP) is 3.42. The number of benzene rings is 2. The van der Waals surface area contributed by atoms with Gasteiger partial charge in [-0.15, -0.1) is 0 Å². The third kappa shape index (κ3) is 3.77. The number of rotatable bonds is 5. The zero-order valence-corrected chi connectivity index (χ0v) is 15.7. The Bertz CT molecular complexity index is 1190. The molecule has 0 fully saturated rings. The molecule has 8 heteroatoms. The summed E-state index contributed by atoms with van der Waals surface area (Å²) in [6.45, 7) is 1.87. The first-order valence-electron chi connectivity index (χ1n) is 8.96. The van der Waals surface area contributed by atoms with Crippen molar-refractivity contribution in [3.63, 3.8) is 0 Å². The fourth-order valence-corrected chi connectivity index (χ4v) is 2.94. The SMILES string of the molecule is Cc1ccccc1C(=O)NNc1ncnc(Nc2cccc3cccnc23)c1N. The van der Waals surface area contributed by atoms with Gasteiger partial charge in [0.15, 0.2) is 11.6 Å². The number of nitrogens with one attached hydrogen (secondary N) is 3. The van der Waals surface area contributed by atoms with Gasteiger partial charge in [0.25, 0.3) is 5.91 Å². The van der Waals surface area contributed by atoms with Crippen LogP contribution < -0.4 is 21.9 Å². The minimum atomic E-state index is -0.283. The molecule has 29 heavy (non-hydrogen) atoms. The van der Waals surface area contributed by atoms with Crippen LogP contribution in [0.3, 0.4) is 0 Å². The second kappa shape index (κ2) is 7.81. The van der Waals surface area contributed by atoms with E-state index in [0.717, 1.165) is 22.2 Å². The lowest BCUT2D eigenvalue weighted by molar-refractivity contribution is 0.0962. The van der Waals surface area contributed by atoms with Gasteiger partial charge in [-0.1, -0.05) is 36.4 Å². The minimum absolute atomic E-state index is 0.269. The second-order valence-corrected chi connectivity index (χ2v) is 6.38. The first-order valence-corrected chi connectivity index (χ1v) is 8.96. The number of aryl methyl sites for hydroxylation is 1. The highest BCUT2D eigenvalue weighted by atomic mass is 16.2. The molecule has 5 N–H and O–H groups in total. The molecule has 144 valence electrons. The maximum atomic E-state index is 12.4. The number of hydrazine groups is 1. The van der Waals surface area contributed by atoms with Crippen molar-refractivity contribution < 1.29 is 4.79 Å². The topological polar surface area (TPSA) is 118 Å². The van der Waals surface area contributed by atoms with Crippen molar-refractivity contribution in [2.75, 3.05) is 16.5 Å². The number of hydrogen-bond donors (Lipinski definition) is 4. The Labute approximate surface area is 167 Å². The van der Waals surface area contributed by atoms with E-state index in [1.807, 2.05) is 49.4 Å². The van der Waals surface area contributed by atoms with Gasteiger partial charge in [-0.05, 0) is 30.7 Å². The normalized spacial score (nSPS) is 10.5. The number of nitrogens with two attached hydrogens (primary N) is 1. The van der Waals surface area contributed by atoms with Crippen molar-refractivity contribution in [2.45, 2.75) is 6.92 Å². The van der Waals surface area contributed by atoms with Crippen LogP contribution in [0.15, 0.2) is 67.1 Å². The summed E-state index contributed by atoms with van der Waals surface area (Å²) in [5, 5.41) is 4.19. The van der Waals surface area contributed by atoms with Crippen molar-refractivity contribution >= 4 is 39.8 Å². The van der Waals surface area contributed by atoms with E-state index in [2.05, 4.69) is 31.1 Å². The molecule has 0 aliphatic heterocycles. The standard InChI is InChI=1S/C21H19N7O/c1-13-6-2-3-9-15(13)21(29)28-27-20-17(22)19(24-12-25-20)26-16-10-4-7-14-8-5-11-23-18(14)16/h2-12H,22H2,1H3,(H,28,29)(H2,24,25,26,27). The van der Waals surface area contributed by atoms with Crippen LogP contribution in [0.1, 0.15) is 15.9 Å². The third-order valence-corrected chi connectivity index (χ3v) is 4.45. The summed E-state index contributed by atoms with van der Waals surface area (Å²) < 4.78 is 0. The van der Waals surface area contributed by atoms with E-state index < -0.39 is 0 Å². The fraction of sp³-hybridized carbons (Fsp3) is 0.0476. The van der Waals surface area contributed by atoms with Crippen molar-refractivity contribution in [2.24, 2.45) is 0 Å². The number of para-hydroxylation sites is 1. The van der Waals surface area contributed by atoms with Gasteiger partial charge in [0.2, 0.25) is 0 Å². The summed E-state index contributed by atoms with van der Waals surface area (Å²) in [5.74, 6) is 0.414. The lowest BCUT2D eigenvalue weighted by atomic mass is 10.1. The molecule has 0 saturated heterocycles. The van der Waals surface area contributed by atoms with Crippen LogP contribution in [0.25, 0.3) is 10.9 Å². The summed E-state index contributed by atoms with van der Waals surface area (Å²) in [7, 11) is 0. The Morgan fingerprint density at radius 3 is 2.59 bits per heavy atom. The quantitative estimate of drug-likeness (QED) is 0.389. The first kappa shape index (κ1) is 18.2. The average Bonchev–Trinajstić information content (AvgIpc) is 2.75. The van der Waals surface area contributed by atoms with E-state index in [1.54, 1.807) is 18.3 Å². The van der Waals surface area contributed by atoms with Gasteiger partial charge in [-0.25, -0.2) is 9.97 Å². The Morgan fingerprint density at radius 2 is 1.72 bits per heavy atom. The summed E-state index contributed by atoms with van der Waals surface area (Å²) in [4.78, 5) is 25.1. The number of carbonyl (C=O) groups excluding carboxylic acids is 1. The van der Waals surface area contributed by atoms with Crippen LogP contribution in [0, 0.1) is 6.92 Å². The van der Waals surface area contributed by atoms with Crippen LogP contribution in [0.2, 0.25) is 0 Å². The Morgan fingerprint density at radius 1 is 0.931 bits per heavy atom. The largest absolute Gasteiger partial charge is 0.393 e. The summed E-state index contributed by atoms with van der Waals surface area (Å²) >= 11 is 0. The highest BCUT2D eigenvalue weighted by Crippen LogP contribution is 2.28. The van der Waals surface area contributed by atoms with Crippen LogP contribution in [0.4, 0.5) is 23.0 Å². The lowest BCUT2D eigenvalue weighted by Gasteiger charge is -2.14. The van der Waals surface area contributed by atoms with E-state index in [9.17, 15) is 4.79 Å². The molecular formula is C21H19N7O. The van der Waals surface area contributed by atoms with Gasteiger partial charge in [0.1, 0.15) is 12.0 Å². The maximum absolute atomic E-state index is 12.4. The molecule has 0 aliphatic rings. The number of nitrogens with zero attached hydrogens (tertiary/aromatic N) is 3. The molecule has 8 nitrogen and oxygen atoms in total. The number of amides is 1. The van der Waals surface area contributed by atoms with Crippen molar-refractivity contribution in [3.05, 3.63) is 78.2 Å². The van der Waals surface area contributed by atoms with Gasteiger partial charge in [-0.3, -0.25) is 20.6 Å². The third-order valence-electron chi connectivity index (χ3n) is 4.45. The fourth-order valence-electron chi connectivity index (χ4n) is 2.94. The number of aromatic nitrogens is 3. The number of pyridine rings is 1. The zero-order valence-electron chi connectivity index (χ0n) is 15.7. The molecule has 0 radical (unpaired) electrons. The van der Waals surface area contributed by atoms with Gasteiger partial charge in [0.05, 0.1) is 11.2 Å². The number of nitrogen functional groups attached to an aromatic ring is 1. The molecule has 4 aromatic rings. The van der Waals surface area contributed by atoms with Crippen LogP contribution >= 0.6 is 0 Å². The zero-order chi connectivity index (χ0) is 20.2. The molecule has 0 saturated carbocycles. The minimum Gasteiger partial charge on any atom is -0.393 e. The van der Waals surface area contributed by atoms with Gasteiger partial charge >= 0.3 is 0 Å². The van der Waals surface area contributed by atoms with Crippen molar-refractivity contribution in [1.82, 2.24) is 20.4 Å². The number of fused-ring (bicyclic) bond motifs is 1. The molecule has 0 aliphatic carbocycles. The van der Waals surface area contributed by atoms with Crippen molar-refractivity contribution in [3.8, 4) is 0 Å².